The van der Waals surface area contributed by atoms with E-state index < -0.39 is 0 Å². The zero-order chi connectivity index (χ0) is 17.1. The van der Waals surface area contributed by atoms with Crippen molar-refractivity contribution < 1.29 is 4.79 Å². The van der Waals surface area contributed by atoms with Gasteiger partial charge in [0.2, 0.25) is 0 Å². The second kappa shape index (κ2) is 6.55. The van der Waals surface area contributed by atoms with Crippen LogP contribution in [0.4, 0.5) is 10.5 Å². The average Bonchev–Trinajstić information content (AvgIpc) is 2.62. The van der Waals surface area contributed by atoms with Gasteiger partial charge in [0.05, 0.1) is 11.2 Å². The molecule has 0 saturated heterocycles. The lowest BCUT2D eigenvalue weighted by molar-refractivity contribution is 0.222. The van der Waals surface area contributed by atoms with Gasteiger partial charge in [-0.25, -0.2) is 4.79 Å². The minimum Gasteiger partial charge on any atom is -0.337 e. The second-order valence-electron chi connectivity index (χ2n) is 6.69. The van der Waals surface area contributed by atoms with Crippen LogP contribution in [0.15, 0.2) is 66.9 Å². The lowest BCUT2D eigenvalue weighted by atomic mass is 9.64. The maximum absolute atomic E-state index is 12.4. The molecule has 0 unspecified atom stereocenters. The van der Waals surface area contributed by atoms with Crippen LogP contribution in [-0.2, 0) is 5.41 Å². The minimum atomic E-state index is -0.180. The second-order valence-corrected chi connectivity index (χ2v) is 6.69. The molecule has 3 aromatic rings. The fourth-order valence-electron chi connectivity index (χ4n) is 3.58. The number of hydrogen-bond acceptors (Lipinski definition) is 2. The first-order chi connectivity index (χ1) is 12.3. The van der Waals surface area contributed by atoms with Gasteiger partial charge in [-0.05, 0) is 30.5 Å². The molecule has 1 aromatic heterocycles. The highest BCUT2D eigenvalue weighted by Crippen LogP contribution is 2.43. The Balaban J connectivity index is 1.46. The van der Waals surface area contributed by atoms with Gasteiger partial charge in [0.15, 0.2) is 0 Å². The van der Waals surface area contributed by atoms with Crippen LogP contribution in [0.2, 0.25) is 0 Å². The Bertz CT molecular complexity index is 883. The Kier molecular flexibility index (Phi) is 4.10. The van der Waals surface area contributed by atoms with Crippen molar-refractivity contribution in [1.29, 1.82) is 0 Å². The summed E-state index contributed by atoms with van der Waals surface area (Å²) in [5, 5.41) is 7.02. The van der Waals surface area contributed by atoms with E-state index in [4.69, 9.17) is 0 Å². The van der Waals surface area contributed by atoms with Crippen LogP contribution in [0.3, 0.4) is 0 Å². The number of nitrogens with one attached hydrogen (secondary N) is 2. The topological polar surface area (TPSA) is 54.0 Å². The van der Waals surface area contributed by atoms with E-state index in [0.29, 0.717) is 6.54 Å². The first kappa shape index (κ1) is 15.6. The van der Waals surface area contributed by atoms with Crippen LogP contribution in [0, 0.1) is 0 Å². The van der Waals surface area contributed by atoms with E-state index in [-0.39, 0.29) is 11.4 Å². The molecule has 1 aliphatic rings. The summed E-state index contributed by atoms with van der Waals surface area (Å²) in [6.45, 7) is 0.654. The molecule has 1 aliphatic carbocycles. The predicted octanol–water partition coefficient (Wildman–Crippen LogP) is 4.48. The Labute approximate surface area is 147 Å². The molecule has 4 rings (SSSR count). The summed E-state index contributed by atoms with van der Waals surface area (Å²) in [6, 6.07) is 20.0. The van der Waals surface area contributed by atoms with Gasteiger partial charge < -0.3 is 10.6 Å². The Morgan fingerprint density at radius 2 is 1.80 bits per heavy atom. The lowest BCUT2D eigenvalue weighted by Gasteiger charge is -2.42. The van der Waals surface area contributed by atoms with Crippen LogP contribution < -0.4 is 10.6 Å². The van der Waals surface area contributed by atoms with Gasteiger partial charge in [0.1, 0.15) is 0 Å². The van der Waals surface area contributed by atoms with E-state index in [1.807, 2.05) is 36.4 Å². The van der Waals surface area contributed by atoms with Gasteiger partial charge >= 0.3 is 6.03 Å². The summed E-state index contributed by atoms with van der Waals surface area (Å²) >= 11 is 0. The highest BCUT2D eigenvalue weighted by molar-refractivity contribution is 5.99. The van der Waals surface area contributed by atoms with E-state index in [2.05, 4.69) is 39.9 Å². The summed E-state index contributed by atoms with van der Waals surface area (Å²) in [7, 11) is 0. The third-order valence-corrected chi connectivity index (χ3v) is 5.17. The molecule has 25 heavy (non-hydrogen) atoms. The first-order valence-corrected chi connectivity index (χ1v) is 8.71. The molecular formula is C21H21N3O. The molecular weight excluding hydrogens is 310 g/mol. The monoisotopic (exact) mass is 331 g/mol. The number of urea groups is 1. The molecule has 2 aromatic carbocycles. The number of amides is 2. The maximum atomic E-state index is 12.4. The Hall–Kier alpha value is -2.88. The summed E-state index contributed by atoms with van der Waals surface area (Å²) in [5.41, 5.74) is 2.93. The first-order valence-electron chi connectivity index (χ1n) is 8.71. The fourth-order valence-corrected chi connectivity index (χ4v) is 3.58. The third-order valence-electron chi connectivity index (χ3n) is 5.17. The normalized spacial score (nSPS) is 15.4. The molecule has 0 bridgehead atoms. The van der Waals surface area contributed by atoms with Crippen LogP contribution in [0.5, 0.6) is 0 Å². The maximum Gasteiger partial charge on any atom is 0.319 e. The number of anilines is 1. The van der Waals surface area contributed by atoms with Crippen molar-refractivity contribution in [3.63, 3.8) is 0 Å². The van der Waals surface area contributed by atoms with Gasteiger partial charge in [0.25, 0.3) is 0 Å². The molecule has 2 amide bonds. The zero-order valence-corrected chi connectivity index (χ0v) is 14.0. The van der Waals surface area contributed by atoms with Crippen molar-refractivity contribution in [1.82, 2.24) is 10.3 Å². The van der Waals surface area contributed by atoms with Gasteiger partial charge in [0, 0.05) is 23.5 Å². The van der Waals surface area contributed by atoms with Crippen LogP contribution in [0.1, 0.15) is 24.8 Å². The van der Waals surface area contributed by atoms with Gasteiger partial charge in [-0.15, -0.1) is 0 Å². The van der Waals surface area contributed by atoms with E-state index in [9.17, 15) is 4.79 Å². The van der Waals surface area contributed by atoms with E-state index in [0.717, 1.165) is 29.4 Å². The number of benzene rings is 2. The summed E-state index contributed by atoms with van der Waals surface area (Å²) in [4.78, 5) is 16.8. The highest BCUT2D eigenvalue weighted by atomic mass is 16.2. The number of aromatic nitrogens is 1. The number of hydrogen-bond donors (Lipinski definition) is 2. The number of carbonyl (C=O) groups is 1. The smallest absolute Gasteiger partial charge is 0.319 e. The molecule has 0 aliphatic heterocycles. The van der Waals surface area contributed by atoms with Crippen molar-refractivity contribution in [2.24, 2.45) is 0 Å². The number of fused-ring (bicyclic) bond motifs is 1. The predicted molar refractivity (Wildman–Crippen MR) is 101 cm³/mol. The van der Waals surface area contributed by atoms with Crippen LogP contribution in [0.25, 0.3) is 10.9 Å². The lowest BCUT2D eigenvalue weighted by Crippen LogP contribution is -2.46. The molecule has 1 heterocycles. The standard InChI is InChI=1S/C21H21N3O/c25-20(24-18-11-4-7-16-8-5-14-22-19(16)18)23-15-21(12-6-13-21)17-9-2-1-3-10-17/h1-5,7-11,14H,6,12-13,15H2,(H2,23,24,25). The quantitative estimate of drug-likeness (QED) is 0.740. The molecule has 0 atom stereocenters. The van der Waals surface area contributed by atoms with Gasteiger partial charge in [-0.3, -0.25) is 4.98 Å². The molecule has 1 fully saturated rings. The van der Waals surface area contributed by atoms with Gasteiger partial charge in [-0.1, -0.05) is 55.0 Å². The van der Waals surface area contributed by atoms with Crippen LogP contribution >= 0.6 is 0 Å². The van der Waals surface area contributed by atoms with Crippen molar-refractivity contribution in [3.05, 3.63) is 72.4 Å². The minimum absolute atomic E-state index is 0.0790. The summed E-state index contributed by atoms with van der Waals surface area (Å²) in [5.74, 6) is 0. The van der Waals surface area contributed by atoms with E-state index in [1.54, 1.807) is 6.20 Å². The number of para-hydroxylation sites is 1. The molecule has 1 saturated carbocycles. The molecule has 4 heteroatoms. The van der Waals surface area contributed by atoms with Crippen molar-refractivity contribution >= 4 is 22.6 Å². The Morgan fingerprint density at radius 1 is 1.00 bits per heavy atom. The summed E-state index contributed by atoms with van der Waals surface area (Å²) < 4.78 is 0. The molecule has 0 spiro atoms. The number of carbonyl (C=O) groups excluding carboxylic acids is 1. The number of pyridine rings is 1. The van der Waals surface area contributed by atoms with Gasteiger partial charge in [-0.2, -0.15) is 0 Å². The fraction of sp³-hybridized carbons (Fsp3) is 0.238. The third kappa shape index (κ3) is 3.07. The molecule has 0 radical (unpaired) electrons. The average molecular weight is 331 g/mol. The SMILES string of the molecule is O=C(NCC1(c2ccccc2)CCC1)Nc1cccc2cccnc12. The Morgan fingerprint density at radius 3 is 2.56 bits per heavy atom. The number of nitrogens with zero attached hydrogens (tertiary/aromatic N) is 1. The van der Waals surface area contributed by atoms with E-state index in [1.165, 1.54) is 12.0 Å². The molecule has 126 valence electrons. The van der Waals surface area contributed by atoms with Crippen LogP contribution in [-0.4, -0.2) is 17.6 Å². The van der Waals surface area contributed by atoms with E-state index >= 15 is 0 Å². The van der Waals surface area contributed by atoms with Crippen molar-refractivity contribution in [2.75, 3.05) is 11.9 Å². The highest BCUT2D eigenvalue weighted by Gasteiger charge is 2.38. The largest absolute Gasteiger partial charge is 0.337 e. The van der Waals surface area contributed by atoms with Crippen molar-refractivity contribution in [3.8, 4) is 0 Å². The zero-order valence-electron chi connectivity index (χ0n) is 14.0. The number of rotatable bonds is 4. The molecule has 2 N–H and O–H groups in total. The summed E-state index contributed by atoms with van der Waals surface area (Å²) in [6.07, 6.45) is 5.19. The van der Waals surface area contributed by atoms with Crippen molar-refractivity contribution in [2.45, 2.75) is 24.7 Å². The molecule has 4 nitrogen and oxygen atoms in total.